The van der Waals surface area contributed by atoms with Gasteiger partial charge in [0.05, 0.1) is 5.69 Å². The molecule has 1 aromatic rings. The molecule has 0 bridgehead atoms. The molecule has 2 atom stereocenters. The summed E-state index contributed by atoms with van der Waals surface area (Å²) in [4.78, 5) is 13.7. The molecule has 2 rings (SSSR count). The number of nitrogens with zero attached hydrogens (tertiary/aromatic N) is 1. The van der Waals surface area contributed by atoms with Crippen molar-refractivity contribution in [3.8, 4) is 0 Å². The lowest BCUT2D eigenvalue weighted by Gasteiger charge is -2.36. The Hall–Kier alpha value is -1.62. The zero-order chi connectivity index (χ0) is 13.1. The van der Waals surface area contributed by atoms with Crippen LogP contribution in [0.25, 0.3) is 0 Å². The molecule has 1 saturated heterocycles. The van der Waals surface area contributed by atoms with E-state index in [-0.39, 0.29) is 23.8 Å². The third kappa shape index (κ3) is 2.98. The topological polar surface area (TPSA) is 44.4 Å². The smallest absolute Gasteiger partial charge is 0.321 e. The molecule has 5 heteroatoms. The van der Waals surface area contributed by atoms with Crippen molar-refractivity contribution < 1.29 is 9.18 Å². The van der Waals surface area contributed by atoms with Gasteiger partial charge >= 0.3 is 6.03 Å². The van der Waals surface area contributed by atoms with Gasteiger partial charge in [-0.2, -0.15) is 0 Å². The Kier molecular flexibility index (Phi) is 3.81. The van der Waals surface area contributed by atoms with Crippen molar-refractivity contribution in [3.63, 3.8) is 0 Å². The minimum absolute atomic E-state index is 0.223. The molecule has 2 amide bonds. The molecule has 2 N–H and O–H groups in total. The first-order valence-corrected chi connectivity index (χ1v) is 6.13. The van der Waals surface area contributed by atoms with Crippen LogP contribution in [0.3, 0.4) is 0 Å². The lowest BCUT2D eigenvalue weighted by atomic mass is 10.1. The maximum atomic E-state index is 13.4. The normalized spacial score (nSPS) is 23.8. The number of piperazine rings is 1. The number of para-hydroxylation sites is 1. The number of carbonyl (C=O) groups is 1. The highest BCUT2D eigenvalue weighted by Gasteiger charge is 2.24. The number of amides is 2. The number of carbonyl (C=O) groups excluding carboxylic acids is 1. The first kappa shape index (κ1) is 12.8. The summed E-state index contributed by atoms with van der Waals surface area (Å²) in [6.45, 7) is 5.31. The number of rotatable bonds is 1. The minimum Gasteiger partial charge on any atom is -0.321 e. The Bertz CT molecular complexity index is 428. The van der Waals surface area contributed by atoms with Crippen molar-refractivity contribution in [1.29, 1.82) is 0 Å². The summed E-state index contributed by atoms with van der Waals surface area (Å²) >= 11 is 0. The Morgan fingerprint density at radius 2 is 1.94 bits per heavy atom. The van der Waals surface area contributed by atoms with E-state index in [9.17, 15) is 9.18 Å². The number of anilines is 1. The lowest BCUT2D eigenvalue weighted by molar-refractivity contribution is 0.176. The molecule has 18 heavy (non-hydrogen) atoms. The summed E-state index contributed by atoms with van der Waals surface area (Å²) in [6, 6.07) is 6.43. The van der Waals surface area contributed by atoms with Crippen LogP contribution < -0.4 is 10.6 Å². The van der Waals surface area contributed by atoms with Gasteiger partial charge in [-0.15, -0.1) is 0 Å². The second kappa shape index (κ2) is 5.35. The quantitative estimate of drug-likeness (QED) is 0.802. The number of benzene rings is 1. The van der Waals surface area contributed by atoms with Crippen molar-refractivity contribution in [1.82, 2.24) is 10.2 Å². The van der Waals surface area contributed by atoms with E-state index in [1.165, 1.54) is 6.07 Å². The minimum atomic E-state index is -0.415. The van der Waals surface area contributed by atoms with Gasteiger partial charge in [0.25, 0.3) is 0 Å². The van der Waals surface area contributed by atoms with E-state index in [2.05, 4.69) is 10.6 Å². The SMILES string of the molecule is CC1CN(C(=O)Nc2ccccc2F)CC(C)N1. The molecule has 0 radical (unpaired) electrons. The number of urea groups is 1. The van der Waals surface area contributed by atoms with Crippen LogP contribution in [0.15, 0.2) is 24.3 Å². The summed E-state index contributed by atoms with van der Waals surface area (Å²) in [5.74, 6) is -0.415. The Balaban J connectivity index is 2.02. The van der Waals surface area contributed by atoms with E-state index in [0.717, 1.165) is 0 Å². The van der Waals surface area contributed by atoms with Gasteiger partial charge in [0.2, 0.25) is 0 Å². The highest BCUT2D eigenvalue weighted by molar-refractivity contribution is 5.89. The van der Waals surface area contributed by atoms with Gasteiger partial charge in [0.1, 0.15) is 5.82 Å². The predicted octanol–water partition coefficient (Wildman–Crippen LogP) is 2.04. The van der Waals surface area contributed by atoms with E-state index in [0.29, 0.717) is 13.1 Å². The fraction of sp³-hybridized carbons (Fsp3) is 0.462. The largest absolute Gasteiger partial charge is 0.322 e. The van der Waals surface area contributed by atoms with Crippen LogP contribution in [0.1, 0.15) is 13.8 Å². The molecule has 0 aromatic heterocycles. The zero-order valence-corrected chi connectivity index (χ0v) is 10.6. The summed E-state index contributed by atoms with van der Waals surface area (Å²) in [7, 11) is 0. The van der Waals surface area contributed by atoms with E-state index < -0.39 is 5.82 Å². The van der Waals surface area contributed by atoms with Gasteiger partial charge in [-0.25, -0.2) is 9.18 Å². The van der Waals surface area contributed by atoms with Crippen LogP contribution in [-0.2, 0) is 0 Å². The van der Waals surface area contributed by atoms with Gasteiger partial charge in [-0.3, -0.25) is 0 Å². The Morgan fingerprint density at radius 1 is 1.33 bits per heavy atom. The molecular formula is C13H18FN3O. The molecule has 0 spiro atoms. The molecule has 2 unspecified atom stereocenters. The molecule has 1 aliphatic heterocycles. The monoisotopic (exact) mass is 251 g/mol. The van der Waals surface area contributed by atoms with E-state index >= 15 is 0 Å². The maximum Gasteiger partial charge on any atom is 0.322 e. The molecule has 1 aliphatic rings. The molecule has 0 aliphatic carbocycles. The molecule has 0 saturated carbocycles. The molecular weight excluding hydrogens is 233 g/mol. The van der Waals surface area contributed by atoms with Gasteiger partial charge in [-0.1, -0.05) is 12.1 Å². The van der Waals surface area contributed by atoms with Crippen molar-refractivity contribution in [3.05, 3.63) is 30.1 Å². The number of halogens is 1. The summed E-state index contributed by atoms with van der Waals surface area (Å²) in [5.41, 5.74) is 0.223. The van der Waals surface area contributed by atoms with Crippen LogP contribution in [0.4, 0.5) is 14.9 Å². The summed E-state index contributed by atoms with van der Waals surface area (Å²) < 4.78 is 13.4. The average molecular weight is 251 g/mol. The third-order valence-electron chi connectivity index (χ3n) is 2.96. The van der Waals surface area contributed by atoms with Crippen LogP contribution in [0.2, 0.25) is 0 Å². The fourth-order valence-electron chi connectivity index (χ4n) is 2.25. The van der Waals surface area contributed by atoms with Gasteiger partial charge < -0.3 is 15.5 Å². The second-order valence-electron chi connectivity index (χ2n) is 4.78. The second-order valence-corrected chi connectivity index (χ2v) is 4.78. The van der Waals surface area contributed by atoms with Gasteiger partial charge in [0.15, 0.2) is 0 Å². The molecule has 4 nitrogen and oxygen atoms in total. The maximum absolute atomic E-state index is 13.4. The van der Waals surface area contributed by atoms with E-state index in [1.54, 1.807) is 23.1 Å². The summed E-state index contributed by atoms with van der Waals surface area (Å²) in [5, 5.41) is 5.95. The Labute approximate surface area is 106 Å². The first-order chi connectivity index (χ1) is 8.56. The van der Waals surface area contributed by atoms with Crippen LogP contribution in [-0.4, -0.2) is 36.1 Å². The zero-order valence-electron chi connectivity index (χ0n) is 10.6. The lowest BCUT2D eigenvalue weighted by Crippen LogP contribution is -2.56. The van der Waals surface area contributed by atoms with E-state index in [1.807, 2.05) is 13.8 Å². The standard InChI is InChI=1S/C13H18FN3O/c1-9-7-17(8-10(2)15-9)13(18)16-12-6-4-3-5-11(12)14/h3-6,9-10,15H,7-8H2,1-2H3,(H,16,18). The predicted molar refractivity (Wildman–Crippen MR) is 69.1 cm³/mol. The summed E-state index contributed by atoms with van der Waals surface area (Å²) in [6.07, 6.45) is 0. The molecule has 1 aromatic carbocycles. The van der Waals surface area contributed by atoms with Gasteiger partial charge in [0, 0.05) is 25.2 Å². The average Bonchev–Trinajstić information content (AvgIpc) is 2.31. The van der Waals surface area contributed by atoms with Crippen molar-refractivity contribution in [2.45, 2.75) is 25.9 Å². The number of nitrogens with one attached hydrogen (secondary N) is 2. The van der Waals surface area contributed by atoms with Crippen molar-refractivity contribution in [2.75, 3.05) is 18.4 Å². The highest BCUT2D eigenvalue weighted by atomic mass is 19.1. The fourth-order valence-corrected chi connectivity index (χ4v) is 2.25. The van der Waals surface area contributed by atoms with Crippen LogP contribution in [0, 0.1) is 5.82 Å². The third-order valence-corrected chi connectivity index (χ3v) is 2.96. The number of hydrogen-bond acceptors (Lipinski definition) is 2. The van der Waals surface area contributed by atoms with Crippen LogP contribution >= 0.6 is 0 Å². The van der Waals surface area contributed by atoms with E-state index in [4.69, 9.17) is 0 Å². The van der Waals surface area contributed by atoms with Gasteiger partial charge in [-0.05, 0) is 26.0 Å². The van der Waals surface area contributed by atoms with Crippen LogP contribution in [0.5, 0.6) is 0 Å². The highest BCUT2D eigenvalue weighted by Crippen LogP contribution is 2.14. The Morgan fingerprint density at radius 3 is 2.56 bits per heavy atom. The van der Waals surface area contributed by atoms with Crippen molar-refractivity contribution in [2.24, 2.45) is 0 Å². The van der Waals surface area contributed by atoms with Crippen molar-refractivity contribution >= 4 is 11.7 Å². The number of hydrogen-bond donors (Lipinski definition) is 2. The first-order valence-electron chi connectivity index (χ1n) is 6.13. The molecule has 98 valence electrons. The molecule has 1 fully saturated rings. The molecule has 1 heterocycles.